The minimum absolute atomic E-state index is 0.358. The highest BCUT2D eigenvalue weighted by molar-refractivity contribution is 6.43. The number of nitriles is 1. The molecule has 2 N–H and O–H groups in total. The van der Waals surface area contributed by atoms with E-state index in [2.05, 4.69) is 25.5 Å². The van der Waals surface area contributed by atoms with Gasteiger partial charge in [0.25, 0.3) is 0 Å². The van der Waals surface area contributed by atoms with E-state index >= 15 is 0 Å². The van der Waals surface area contributed by atoms with Crippen molar-refractivity contribution >= 4 is 29.1 Å². The van der Waals surface area contributed by atoms with Gasteiger partial charge in [-0.3, -0.25) is 10.5 Å². The molecule has 1 heterocycles. The first-order valence-corrected chi connectivity index (χ1v) is 6.15. The van der Waals surface area contributed by atoms with Gasteiger partial charge in [0.2, 0.25) is 5.71 Å². The quantitative estimate of drug-likeness (QED) is 0.512. The van der Waals surface area contributed by atoms with E-state index < -0.39 is 11.7 Å². The summed E-state index contributed by atoms with van der Waals surface area (Å²) in [6.45, 7) is 0. The number of hydrogen-bond acceptors (Lipinski definition) is 6. The standard InChI is InChI=1S/C13H10ClN5O2/c1-21-13(20)11(7-15)17-19-12-6-10(16-18-12)8-2-4-9(14)5-3-8/h2-6H,1H3,(H2,16,18,19)/b17-11-. The number of ether oxygens (including phenoxy) is 1. The zero-order valence-electron chi connectivity index (χ0n) is 10.9. The summed E-state index contributed by atoms with van der Waals surface area (Å²) in [5.41, 5.74) is 3.74. The topological polar surface area (TPSA) is 103 Å². The maximum absolute atomic E-state index is 11.2. The van der Waals surface area contributed by atoms with Gasteiger partial charge in [-0.15, -0.1) is 0 Å². The van der Waals surface area contributed by atoms with Crippen molar-refractivity contribution < 1.29 is 9.53 Å². The number of H-pyrrole nitrogens is 1. The molecule has 0 amide bonds. The van der Waals surface area contributed by atoms with Crippen LogP contribution in [0.4, 0.5) is 5.82 Å². The monoisotopic (exact) mass is 303 g/mol. The molecule has 0 spiro atoms. The van der Waals surface area contributed by atoms with E-state index in [9.17, 15) is 4.79 Å². The molecule has 0 aliphatic carbocycles. The number of nitrogens with zero attached hydrogens (tertiary/aromatic N) is 3. The van der Waals surface area contributed by atoms with Gasteiger partial charge < -0.3 is 4.74 Å². The highest BCUT2D eigenvalue weighted by atomic mass is 35.5. The summed E-state index contributed by atoms with van der Waals surface area (Å²) in [6.07, 6.45) is 0. The van der Waals surface area contributed by atoms with Gasteiger partial charge in [-0.25, -0.2) is 4.79 Å². The Kier molecular flexibility index (Phi) is 4.53. The SMILES string of the molecule is COC(=O)/C(C#N)=N\Nc1cc(-c2ccc(Cl)cc2)[nH]n1. The average Bonchev–Trinajstić information content (AvgIpc) is 2.97. The van der Waals surface area contributed by atoms with E-state index in [1.54, 1.807) is 24.3 Å². The smallest absolute Gasteiger partial charge is 0.369 e. The summed E-state index contributed by atoms with van der Waals surface area (Å²) in [7, 11) is 1.17. The number of hydrogen-bond donors (Lipinski definition) is 2. The number of methoxy groups -OCH3 is 1. The Morgan fingerprint density at radius 2 is 2.19 bits per heavy atom. The van der Waals surface area contributed by atoms with Gasteiger partial charge in [0, 0.05) is 11.1 Å². The number of aromatic amines is 1. The molecule has 0 unspecified atom stereocenters. The molecule has 8 heteroatoms. The third kappa shape index (κ3) is 3.58. The van der Waals surface area contributed by atoms with Crippen molar-refractivity contribution in [3.8, 4) is 17.3 Å². The molecular weight excluding hydrogens is 294 g/mol. The molecule has 2 aromatic rings. The Labute approximate surface area is 125 Å². The Balaban J connectivity index is 2.14. The van der Waals surface area contributed by atoms with Gasteiger partial charge in [0.1, 0.15) is 6.07 Å². The molecule has 0 saturated carbocycles. The molecule has 1 aromatic heterocycles. The molecule has 0 bridgehead atoms. The van der Waals surface area contributed by atoms with E-state index in [0.717, 1.165) is 11.3 Å². The molecule has 0 fully saturated rings. The van der Waals surface area contributed by atoms with Crippen LogP contribution in [-0.2, 0) is 9.53 Å². The van der Waals surface area contributed by atoms with Crippen LogP contribution in [0.1, 0.15) is 0 Å². The van der Waals surface area contributed by atoms with Crippen molar-refractivity contribution in [2.75, 3.05) is 12.5 Å². The van der Waals surface area contributed by atoms with Crippen LogP contribution in [-0.4, -0.2) is 29.0 Å². The average molecular weight is 304 g/mol. The maximum Gasteiger partial charge on any atom is 0.369 e. The second kappa shape index (κ2) is 6.54. The van der Waals surface area contributed by atoms with Gasteiger partial charge >= 0.3 is 5.97 Å². The Hall–Kier alpha value is -2.85. The number of rotatable bonds is 4. The lowest BCUT2D eigenvalue weighted by atomic mass is 10.1. The zero-order chi connectivity index (χ0) is 15.2. The molecular formula is C13H10ClN5O2. The van der Waals surface area contributed by atoms with Crippen LogP contribution >= 0.6 is 11.6 Å². The predicted molar refractivity (Wildman–Crippen MR) is 77.7 cm³/mol. The van der Waals surface area contributed by atoms with Gasteiger partial charge in [0.15, 0.2) is 5.82 Å². The lowest BCUT2D eigenvalue weighted by Crippen LogP contribution is -2.15. The first kappa shape index (κ1) is 14.6. The number of halogens is 1. The van der Waals surface area contributed by atoms with Gasteiger partial charge in [-0.1, -0.05) is 23.7 Å². The number of carbonyl (C=O) groups is 1. The lowest BCUT2D eigenvalue weighted by molar-refractivity contribution is -0.132. The van der Waals surface area contributed by atoms with Crippen LogP contribution in [0.25, 0.3) is 11.3 Å². The van der Waals surface area contributed by atoms with Crippen molar-refractivity contribution in [3.05, 3.63) is 35.4 Å². The Morgan fingerprint density at radius 3 is 2.81 bits per heavy atom. The molecule has 0 aliphatic rings. The maximum atomic E-state index is 11.2. The van der Waals surface area contributed by atoms with Crippen LogP contribution in [0.15, 0.2) is 35.4 Å². The zero-order valence-corrected chi connectivity index (χ0v) is 11.7. The predicted octanol–water partition coefficient (Wildman–Crippen LogP) is 2.19. The van der Waals surface area contributed by atoms with Crippen LogP contribution < -0.4 is 5.43 Å². The largest absolute Gasteiger partial charge is 0.464 e. The molecule has 0 radical (unpaired) electrons. The third-order valence-corrected chi connectivity index (χ3v) is 2.75. The lowest BCUT2D eigenvalue weighted by Gasteiger charge is -1.97. The Bertz CT molecular complexity index is 715. The normalized spacial score (nSPS) is 10.8. The molecule has 0 saturated heterocycles. The molecule has 0 aliphatic heterocycles. The van der Waals surface area contributed by atoms with E-state index in [1.165, 1.54) is 7.11 Å². The molecule has 2 rings (SSSR count). The highest BCUT2D eigenvalue weighted by Gasteiger charge is 2.11. The summed E-state index contributed by atoms with van der Waals surface area (Å²) in [6, 6.07) is 10.5. The van der Waals surface area contributed by atoms with Crippen molar-refractivity contribution in [3.63, 3.8) is 0 Å². The van der Waals surface area contributed by atoms with Crippen LogP contribution in [0.3, 0.4) is 0 Å². The summed E-state index contributed by atoms with van der Waals surface area (Å²) >= 11 is 5.82. The molecule has 7 nitrogen and oxygen atoms in total. The van der Waals surface area contributed by atoms with Gasteiger partial charge in [0.05, 0.1) is 12.8 Å². The first-order valence-electron chi connectivity index (χ1n) is 5.77. The van der Waals surface area contributed by atoms with E-state index in [4.69, 9.17) is 16.9 Å². The van der Waals surface area contributed by atoms with Gasteiger partial charge in [-0.05, 0) is 17.7 Å². The van der Waals surface area contributed by atoms with Crippen molar-refractivity contribution in [1.82, 2.24) is 10.2 Å². The minimum atomic E-state index is -0.821. The number of hydrazone groups is 1. The highest BCUT2D eigenvalue weighted by Crippen LogP contribution is 2.21. The van der Waals surface area contributed by atoms with Crippen molar-refractivity contribution in [1.29, 1.82) is 5.26 Å². The fourth-order valence-corrected chi connectivity index (χ4v) is 1.61. The second-order valence-corrected chi connectivity index (χ2v) is 4.29. The van der Waals surface area contributed by atoms with E-state index in [1.807, 2.05) is 12.1 Å². The summed E-state index contributed by atoms with van der Waals surface area (Å²) < 4.78 is 4.40. The van der Waals surface area contributed by atoms with Crippen molar-refractivity contribution in [2.24, 2.45) is 5.10 Å². The van der Waals surface area contributed by atoms with Crippen LogP contribution in [0, 0.1) is 11.3 Å². The number of anilines is 1. The summed E-state index contributed by atoms with van der Waals surface area (Å²) in [5, 5.41) is 19.8. The van der Waals surface area contributed by atoms with Crippen molar-refractivity contribution in [2.45, 2.75) is 0 Å². The number of esters is 1. The molecule has 0 atom stereocenters. The number of aromatic nitrogens is 2. The van der Waals surface area contributed by atoms with Crippen LogP contribution in [0.2, 0.25) is 5.02 Å². The van der Waals surface area contributed by atoms with Gasteiger partial charge in [-0.2, -0.15) is 15.5 Å². The first-order chi connectivity index (χ1) is 10.1. The fraction of sp³-hybridized carbons (Fsp3) is 0.0769. The summed E-state index contributed by atoms with van der Waals surface area (Å²) in [5.74, 6) is -0.463. The second-order valence-electron chi connectivity index (χ2n) is 3.85. The van der Waals surface area contributed by atoms with Crippen LogP contribution in [0.5, 0.6) is 0 Å². The third-order valence-electron chi connectivity index (χ3n) is 2.50. The summed E-state index contributed by atoms with van der Waals surface area (Å²) in [4.78, 5) is 11.2. The number of carbonyl (C=O) groups excluding carboxylic acids is 1. The number of nitrogens with one attached hydrogen (secondary N) is 2. The van der Waals surface area contributed by atoms with E-state index in [-0.39, 0.29) is 0 Å². The molecule has 1 aromatic carbocycles. The molecule has 21 heavy (non-hydrogen) atoms. The molecule has 106 valence electrons. The van der Waals surface area contributed by atoms with E-state index in [0.29, 0.717) is 10.8 Å². The fourth-order valence-electron chi connectivity index (χ4n) is 1.48. The number of benzene rings is 1. The minimum Gasteiger partial charge on any atom is -0.464 e. The Morgan fingerprint density at radius 1 is 1.48 bits per heavy atom.